The van der Waals surface area contributed by atoms with Crippen molar-refractivity contribution in [2.24, 2.45) is 0 Å². The lowest BCUT2D eigenvalue weighted by atomic mass is 10.2. The number of ether oxygens (including phenoxy) is 2. The first-order chi connectivity index (χ1) is 10.7. The predicted molar refractivity (Wildman–Crippen MR) is 79.9 cm³/mol. The highest BCUT2D eigenvalue weighted by atomic mass is 19.1. The van der Waals surface area contributed by atoms with Gasteiger partial charge in [-0.05, 0) is 36.4 Å². The van der Waals surface area contributed by atoms with Gasteiger partial charge in [0, 0.05) is 11.6 Å². The van der Waals surface area contributed by atoms with Crippen LogP contribution in [-0.4, -0.2) is 29.2 Å². The minimum atomic E-state index is -0.281. The normalized spacial score (nSPS) is 10.5. The quantitative estimate of drug-likeness (QED) is 0.743. The highest BCUT2D eigenvalue weighted by Gasteiger charge is 2.09. The number of rotatable bonds is 4. The molecular formula is C16H14FN3O2. The molecule has 0 saturated heterocycles. The molecule has 0 saturated carbocycles. The third-order valence-electron chi connectivity index (χ3n) is 3.27. The molecule has 1 aromatic heterocycles. The van der Waals surface area contributed by atoms with E-state index in [2.05, 4.69) is 10.3 Å². The van der Waals surface area contributed by atoms with Gasteiger partial charge in [0.15, 0.2) is 11.5 Å². The van der Waals surface area contributed by atoms with Crippen LogP contribution in [0.4, 0.5) is 4.39 Å². The van der Waals surface area contributed by atoms with Crippen molar-refractivity contribution >= 4 is 0 Å². The van der Waals surface area contributed by atoms with Crippen molar-refractivity contribution in [2.45, 2.75) is 0 Å². The van der Waals surface area contributed by atoms with Crippen molar-refractivity contribution in [3.63, 3.8) is 0 Å². The van der Waals surface area contributed by atoms with E-state index in [1.807, 2.05) is 12.1 Å². The summed E-state index contributed by atoms with van der Waals surface area (Å²) in [4.78, 5) is 0. The number of nitrogens with zero attached hydrogens (tertiary/aromatic N) is 3. The molecule has 0 bridgehead atoms. The molecule has 5 nitrogen and oxygen atoms in total. The maximum atomic E-state index is 13.0. The van der Waals surface area contributed by atoms with Gasteiger partial charge in [-0.2, -0.15) is 0 Å². The van der Waals surface area contributed by atoms with Crippen molar-refractivity contribution in [3.05, 3.63) is 54.5 Å². The SMILES string of the molecule is COc1ccc(-n2cc(-c3ccc(F)cc3)nn2)cc1OC. The molecule has 2 aromatic carbocycles. The van der Waals surface area contributed by atoms with Crippen molar-refractivity contribution in [3.8, 4) is 28.4 Å². The Bertz CT molecular complexity index is 784. The molecule has 1 heterocycles. The smallest absolute Gasteiger partial charge is 0.162 e. The van der Waals surface area contributed by atoms with Gasteiger partial charge in [0.1, 0.15) is 11.5 Å². The summed E-state index contributed by atoms with van der Waals surface area (Å²) in [5.74, 6) is 0.972. The molecule has 0 N–H and O–H groups in total. The topological polar surface area (TPSA) is 49.2 Å². The van der Waals surface area contributed by atoms with Crippen molar-refractivity contribution < 1.29 is 13.9 Å². The molecule has 0 fully saturated rings. The third-order valence-corrected chi connectivity index (χ3v) is 3.27. The molecule has 22 heavy (non-hydrogen) atoms. The molecule has 0 aliphatic heterocycles. The Labute approximate surface area is 126 Å². The van der Waals surface area contributed by atoms with E-state index in [4.69, 9.17) is 9.47 Å². The lowest BCUT2D eigenvalue weighted by molar-refractivity contribution is 0.354. The summed E-state index contributed by atoms with van der Waals surface area (Å²) in [5.41, 5.74) is 2.25. The van der Waals surface area contributed by atoms with Gasteiger partial charge in [-0.1, -0.05) is 5.21 Å². The van der Waals surface area contributed by atoms with Crippen molar-refractivity contribution in [1.82, 2.24) is 15.0 Å². The van der Waals surface area contributed by atoms with Gasteiger partial charge in [-0.25, -0.2) is 9.07 Å². The number of hydrogen-bond acceptors (Lipinski definition) is 4. The number of benzene rings is 2. The van der Waals surface area contributed by atoms with Gasteiger partial charge in [0.25, 0.3) is 0 Å². The average Bonchev–Trinajstić information content (AvgIpc) is 3.05. The Kier molecular flexibility index (Phi) is 3.74. The lowest BCUT2D eigenvalue weighted by Gasteiger charge is -2.08. The Morgan fingerprint density at radius 1 is 0.955 bits per heavy atom. The monoisotopic (exact) mass is 299 g/mol. The van der Waals surface area contributed by atoms with Gasteiger partial charge in [-0.15, -0.1) is 5.10 Å². The van der Waals surface area contributed by atoms with Crippen LogP contribution in [0.15, 0.2) is 48.7 Å². The fraction of sp³-hybridized carbons (Fsp3) is 0.125. The molecule has 0 spiro atoms. The van der Waals surface area contributed by atoms with Crippen LogP contribution in [0.25, 0.3) is 16.9 Å². The molecular weight excluding hydrogens is 285 g/mol. The second-order valence-electron chi connectivity index (χ2n) is 4.59. The lowest BCUT2D eigenvalue weighted by Crippen LogP contribution is -1.97. The Morgan fingerprint density at radius 2 is 1.68 bits per heavy atom. The van der Waals surface area contributed by atoms with E-state index in [0.717, 1.165) is 11.3 Å². The Balaban J connectivity index is 1.95. The van der Waals surface area contributed by atoms with Crippen molar-refractivity contribution in [2.75, 3.05) is 14.2 Å². The third kappa shape index (κ3) is 2.63. The fourth-order valence-corrected chi connectivity index (χ4v) is 2.11. The van der Waals surface area contributed by atoms with Crippen molar-refractivity contribution in [1.29, 1.82) is 0 Å². The molecule has 0 aliphatic rings. The van der Waals surface area contributed by atoms with Crippen LogP contribution in [0.5, 0.6) is 11.5 Å². The van der Waals surface area contributed by atoms with E-state index in [9.17, 15) is 4.39 Å². The molecule has 0 aliphatic carbocycles. The summed E-state index contributed by atoms with van der Waals surface area (Å²) >= 11 is 0. The van der Waals surface area contributed by atoms with Crippen LogP contribution >= 0.6 is 0 Å². The van der Waals surface area contributed by atoms with E-state index >= 15 is 0 Å². The molecule has 3 rings (SSSR count). The Hall–Kier alpha value is -2.89. The number of hydrogen-bond donors (Lipinski definition) is 0. The van der Waals surface area contributed by atoms with Gasteiger partial charge in [0.05, 0.1) is 26.1 Å². The van der Waals surface area contributed by atoms with E-state index in [-0.39, 0.29) is 5.82 Å². The second kappa shape index (κ2) is 5.85. The van der Waals surface area contributed by atoms with E-state index < -0.39 is 0 Å². The second-order valence-corrected chi connectivity index (χ2v) is 4.59. The highest BCUT2D eigenvalue weighted by molar-refractivity contribution is 5.58. The first kappa shape index (κ1) is 14.1. The Morgan fingerprint density at radius 3 is 2.36 bits per heavy atom. The maximum absolute atomic E-state index is 13.0. The summed E-state index contributed by atoms with van der Waals surface area (Å²) in [7, 11) is 3.16. The molecule has 0 atom stereocenters. The zero-order chi connectivity index (χ0) is 15.5. The van der Waals surface area contributed by atoms with Crippen LogP contribution in [0.2, 0.25) is 0 Å². The summed E-state index contributed by atoms with van der Waals surface area (Å²) in [6.45, 7) is 0. The van der Waals surface area contributed by atoms with Crippen LogP contribution in [-0.2, 0) is 0 Å². The van der Waals surface area contributed by atoms with Gasteiger partial charge < -0.3 is 9.47 Å². The predicted octanol–water partition coefficient (Wildman–Crippen LogP) is 3.09. The largest absolute Gasteiger partial charge is 0.493 e. The zero-order valence-electron chi connectivity index (χ0n) is 12.2. The van der Waals surface area contributed by atoms with Crippen LogP contribution in [0, 0.1) is 5.82 Å². The average molecular weight is 299 g/mol. The highest BCUT2D eigenvalue weighted by Crippen LogP contribution is 2.29. The first-order valence-corrected chi connectivity index (χ1v) is 6.62. The molecule has 112 valence electrons. The molecule has 6 heteroatoms. The number of methoxy groups -OCH3 is 2. The van der Waals surface area contributed by atoms with Crippen LogP contribution < -0.4 is 9.47 Å². The molecule has 3 aromatic rings. The van der Waals surface area contributed by atoms with E-state index in [1.54, 1.807) is 43.3 Å². The first-order valence-electron chi connectivity index (χ1n) is 6.62. The van der Waals surface area contributed by atoms with E-state index in [1.165, 1.54) is 12.1 Å². The fourth-order valence-electron chi connectivity index (χ4n) is 2.11. The molecule has 0 amide bonds. The van der Waals surface area contributed by atoms with Gasteiger partial charge in [-0.3, -0.25) is 0 Å². The number of aromatic nitrogens is 3. The maximum Gasteiger partial charge on any atom is 0.162 e. The van der Waals surface area contributed by atoms with E-state index in [0.29, 0.717) is 17.2 Å². The van der Waals surface area contributed by atoms with Crippen LogP contribution in [0.1, 0.15) is 0 Å². The number of halogens is 1. The minimum absolute atomic E-state index is 0.281. The summed E-state index contributed by atoms with van der Waals surface area (Å²) in [6, 6.07) is 11.6. The standard InChI is InChI=1S/C16H14FN3O2/c1-21-15-8-7-13(9-16(15)22-2)20-10-14(18-19-20)11-3-5-12(17)6-4-11/h3-10H,1-2H3. The molecule has 0 radical (unpaired) electrons. The zero-order valence-corrected chi connectivity index (χ0v) is 12.2. The summed E-state index contributed by atoms with van der Waals surface area (Å²) in [5, 5.41) is 8.20. The summed E-state index contributed by atoms with van der Waals surface area (Å²) in [6.07, 6.45) is 1.77. The molecule has 0 unspecified atom stereocenters. The summed E-state index contributed by atoms with van der Waals surface area (Å²) < 4.78 is 25.1. The van der Waals surface area contributed by atoms with Gasteiger partial charge >= 0.3 is 0 Å². The minimum Gasteiger partial charge on any atom is -0.493 e. The van der Waals surface area contributed by atoms with Crippen LogP contribution in [0.3, 0.4) is 0 Å². The van der Waals surface area contributed by atoms with Gasteiger partial charge in [0.2, 0.25) is 0 Å².